The van der Waals surface area contributed by atoms with E-state index in [2.05, 4.69) is 12.2 Å². The first-order valence-electron chi connectivity index (χ1n) is 3.89. The van der Waals surface area contributed by atoms with E-state index in [1.807, 2.05) is 18.7 Å². The molecule has 0 unspecified atom stereocenters. The van der Waals surface area contributed by atoms with Gasteiger partial charge in [0.15, 0.2) is 0 Å². The summed E-state index contributed by atoms with van der Waals surface area (Å²) in [4.78, 5) is 10.8. The zero-order valence-electron chi connectivity index (χ0n) is 7.39. The van der Waals surface area contributed by atoms with E-state index in [-0.39, 0.29) is 11.4 Å². The van der Waals surface area contributed by atoms with Gasteiger partial charge < -0.3 is 11.1 Å². The van der Waals surface area contributed by atoms with Crippen LogP contribution in [0.1, 0.15) is 13.8 Å². The minimum atomic E-state index is -0.379. The lowest BCUT2D eigenvalue weighted by atomic mass is 10.1. The van der Waals surface area contributed by atoms with Gasteiger partial charge in [-0.3, -0.25) is 4.79 Å². The van der Waals surface area contributed by atoms with Gasteiger partial charge in [-0.25, -0.2) is 0 Å². The number of nitrogens with one attached hydrogen (secondary N) is 1. The van der Waals surface area contributed by atoms with E-state index in [4.69, 9.17) is 5.73 Å². The van der Waals surface area contributed by atoms with Crippen molar-refractivity contribution in [1.82, 2.24) is 5.32 Å². The SMILES string of the molecule is CC=C(NC1(C)CSC1)C(N)=O. The van der Waals surface area contributed by atoms with Gasteiger partial charge in [-0.15, -0.1) is 0 Å². The van der Waals surface area contributed by atoms with Gasteiger partial charge in [-0.2, -0.15) is 11.8 Å². The molecule has 1 saturated heterocycles. The molecule has 0 spiro atoms. The lowest BCUT2D eigenvalue weighted by Gasteiger charge is -2.39. The standard InChI is InChI=1S/C8H14N2OS/c1-3-6(7(9)11)10-8(2)4-12-5-8/h3,10H,4-5H2,1-2H3,(H2,9,11). The Kier molecular flexibility index (Phi) is 2.67. The summed E-state index contributed by atoms with van der Waals surface area (Å²) >= 11 is 1.87. The summed E-state index contributed by atoms with van der Waals surface area (Å²) in [6, 6.07) is 0. The van der Waals surface area contributed by atoms with Gasteiger partial charge in [0.25, 0.3) is 5.91 Å². The Labute approximate surface area is 76.8 Å². The van der Waals surface area contributed by atoms with Gasteiger partial charge >= 0.3 is 0 Å². The van der Waals surface area contributed by atoms with E-state index in [0.717, 1.165) is 11.5 Å². The minimum absolute atomic E-state index is 0.0710. The molecule has 0 aromatic rings. The fraction of sp³-hybridized carbons (Fsp3) is 0.625. The van der Waals surface area contributed by atoms with E-state index in [9.17, 15) is 4.79 Å². The molecule has 12 heavy (non-hydrogen) atoms. The van der Waals surface area contributed by atoms with Gasteiger partial charge in [0.05, 0.1) is 11.2 Å². The van der Waals surface area contributed by atoms with Crippen LogP contribution in [0.5, 0.6) is 0 Å². The third-order valence-corrected chi connectivity index (χ3v) is 3.51. The first kappa shape index (κ1) is 9.45. The number of rotatable bonds is 3. The van der Waals surface area contributed by atoms with Crippen LogP contribution >= 0.6 is 11.8 Å². The van der Waals surface area contributed by atoms with Crippen molar-refractivity contribution in [1.29, 1.82) is 0 Å². The second kappa shape index (κ2) is 3.39. The lowest BCUT2D eigenvalue weighted by molar-refractivity contribution is -0.115. The molecule has 3 nitrogen and oxygen atoms in total. The number of thioether (sulfide) groups is 1. The van der Waals surface area contributed by atoms with Crippen LogP contribution < -0.4 is 11.1 Å². The summed E-state index contributed by atoms with van der Waals surface area (Å²) in [6.07, 6.45) is 1.72. The van der Waals surface area contributed by atoms with Crippen molar-refractivity contribution < 1.29 is 4.79 Å². The molecule has 1 fully saturated rings. The molecule has 0 aromatic heterocycles. The largest absolute Gasteiger partial charge is 0.374 e. The number of primary amides is 1. The Morgan fingerprint density at radius 2 is 2.25 bits per heavy atom. The molecule has 0 aliphatic carbocycles. The molecule has 1 aliphatic rings. The molecule has 1 aliphatic heterocycles. The fourth-order valence-electron chi connectivity index (χ4n) is 1.08. The van der Waals surface area contributed by atoms with Gasteiger partial charge in [0.2, 0.25) is 0 Å². The molecule has 0 aromatic carbocycles. The number of carbonyl (C=O) groups excluding carboxylic acids is 1. The zero-order valence-corrected chi connectivity index (χ0v) is 8.20. The third-order valence-electron chi connectivity index (χ3n) is 1.83. The molecular formula is C8H14N2OS. The van der Waals surface area contributed by atoms with E-state index in [0.29, 0.717) is 5.70 Å². The van der Waals surface area contributed by atoms with Gasteiger partial charge in [-0.1, -0.05) is 6.08 Å². The molecule has 0 bridgehead atoms. The van der Waals surface area contributed by atoms with Crippen LogP contribution in [0, 0.1) is 0 Å². The smallest absolute Gasteiger partial charge is 0.264 e. The number of amides is 1. The lowest BCUT2D eigenvalue weighted by Crippen LogP contribution is -2.54. The summed E-state index contributed by atoms with van der Waals surface area (Å²) in [7, 11) is 0. The molecule has 4 heteroatoms. The summed E-state index contributed by atoms with van der Waals surface area (Å²) in [5.74, 6) is 1.70. The van der Waals surface area contributed by atoms with Crippen LogP contribution in [-0.4, -0.2) is 23.0 Å². The molecule has 0 atom stereocenters. The number of nitrogens with two attached hydrogens (primary N) is 1. The van der Waals surface area contributed by atoms with Crippen molar-refractivity contribution in [3.05, 3.63) is 11.8 Å². The Hall–Kier alpha value is -0.640. The molecule has 1 heterocycles. The summed E-state index contributed by atoms with van der Waals surface area (Å²) in [5, 5.41) is 3.14. The van der Waals surface area contributed by atoms with Crippen LogP contribution in [0.15, 0.2) is 11.8 Å². The molecule has 68 valence electrons. The van der Waals surface area contributed by atoms with Crippen molar-refractivity contribution in [3.8, 4) is 0 Å². The van der Waals surface area contributed by atoms with E-state index in [1.54, 1.807) is 6.08 Å². The van der Waals surface area contributed by atoms with Gasteiger partial charge in [0, 0.05) is 11.5 Å². The Morgan fingerprint density at radius 3 is 2.50 bits per heavy atom. The maximum absolute atomic E-state index is 10.8. The number of hydrogen-bond acceptors (Lipinski definition) is 3. The second-order valence-electron chi connectivity index (χ2n) is 3.25. The molecule has 3 N–H and O–H groups in total. The fourth-order valence-corrected chi connectivity index (χ4v) is 2.04. The van der Waals surface area contributed by atoms with Crippen LogP contribution in [0.4, 0.5) is 0 Å². The zero-order chi connectivity index (χ0) is 9.19. The summed E-state index contributed by atoms with van der Waals surface area (Å²) in [6.45, 7) is 3.90. The molecule has 1 amide bonds. The highest BCUT2D eigenvalue weighted by atomic mass is 32.2. The third kappa shape index (κ3) is 1.94. The summed E-state index contributed by atoms with van der Waals surface area (Å²) < 4.78 is 0. The summed E-state index contributed by atoms with van der Waals surface area (Å²) in [5.41, 5.74) is 5.75. The van der Waals surface area contributed by atoms with Crippen molar-refractivity contribution in [2.45, 2.75) is 19.4 Å². The average Bonchev–Trinajstić information content (AvgIpc) is 1.96. The number of allylic oxidation sites excluding steroid dienone is 1. The van der Waals surface area contributed by atoms with Crippen LogP contribution in [0.25, 0.3) is 0 Å². The molecule has 1 rings (SSSR count). The van der Waals surface area contributed by atoms with Crippen molar-refractivity contribution in [3.63, 3.8) is 0 Å². The van der Waals surface area contributed by atoms with E-state index < -0.39 is 0 Å². The second-order valence-corrected chi connectivity index (χ2v) is 4.23. The van der Waals surface area contributed by atoms with Crippen molar-refractivity contribution in [2.24, 2.45) is 5.73 Å². The topological polar surface area (TPSA) is 55.1 Å². The van der Waals surface area contributed by atoms with Gasteiger partial charge in [-0.05, 0) is 13.8 Å². The quantitative estimate of drug-likeness (QED) is 0.630. The highest BCUT2D eigenvalue weighted by molar-refractivity contribution is 8.00. The first-order chi connectivity index (χ1) is 5.57. The number of hydrogen-bond donors (Lipinski definition) is 2. The van der Waals surface area contributed by atoms with Gasteiger partial charge in [0.1, 0.15) is 0 Å². The predicted octanol–water partition coefficient (Wildman–Crippen LogP) is 0.471. The van der Waals surface area contributed by atoms with E-state index >= 15 is 0 Å². The molecule has 0 saturated carbocycles. The Balaban J connectivity index is 2.54. The highest BCUT2D eigenvalue weighted by Crippen LogP contribution is 2.29. The van der Waals surface area contributed by atoms with Crippen LogP contribution in [0.3, 0.4) is 0 Å². The van der Waals surface area contributed by atoms with Crippen molar-refractivity contribution >= 4 is 17.7 Å². The predicted molar refractivity (Wildman–Crippen MR) is 51.8 cm³/mol. The average molecular weight is 186 g/mol. The highest BCUT2D eigenvalue weighted by Gasteiger charge is 2.33. The number of carbonyl (C=O) groups is 1. The molecule has 0 radical (unpaired) electrons. The van der Waals surface area contributed by atoms with Crippen molar-refractivity contribution in [2.75, 3.05) is 11.5 Å². The van der Waals surface area contributed by atoms with Crippen LogP contribution in [-0.2, 0) is 4.79 Å². The maximum Gasteiger partial charge on any atom is 0.264 e. The monoisotopic (exact) mass is 186 g/mol. The minimum Gasteiger partial charge on any atom is -0.374 e. The van der Waals surface area contributed by atoms with Crippen LogP contribution in [0.2, 0.25) is 0 Å². The maximum atomic E-state index is 10.8. The Bertz CT molecular complexity index is 221. The van der Waals surface area contributed by atoms with E-state index in [1.165, 1.54) is 0 Å². The first-order valence-corrected chi connectivity index (χ1v) is 5.05. The molecular weight excluding hydrogens is 172 g/mol. The Morgan fingerprint density at radius 1 is 1.67 bits per heavy atom. The normalized spacial score (nSPS) is 21.3.